The first-order valence-corrected chi connectivity index (χ1v) is 10.8. The van der Waals surface area contributed by atoms with Crippen molar-refractivity contribution in [1.29, 1.82) is 0 Å². The fourth-order valence-electron chi connectivity index (χ4n) is 3.90. The average Bonchev–Trinajstić information content (AvgIpc) is 2.73. The molecule has 3 N–H and O–H groups in total. The van der Waals surface area contributed by atoms with E-state index in [2.05, 4.69) is 22.5 Å². The maximum absolute atomic E-state index is 13.1. The SMILES string of the molecule is CCNC(=NCc1cc(C)c(O)c(C)c1)NC1CCN(Cc2ccc(F)cc2)CC1. The normalized spacial score (nSPS) is 15.9. The second-order valence-electron chi connectivity index (χ2n) is 8.09. The monoisotopic (exact) mass is 412 g/mol. The molecule has 1 heterocycles. The molecule has 0 amide bonds. The minimum absolute atomic E-state index is 0.186. The summed E-state index contributed by atoms with van der Waals surface area (Å²) in [6.07, 6.45) is 2.09. The number of aromatic hydroxyl groups is 1. The van der Waals surface area contributed by atoms with Crippen molar-refractivity contribution < 1.29 is 9.50 Å². The summed E-state index contributed by atoms with van der Waals surface area (Å²) in [7, 11) is 0. The highest BCUT2D eigenvalue weighted by atomic mass is 19.1. The molecular formula is C24H33FN4O. The number of likely N-dealkylation sites (tertiary alicyclic amines) is 1. The number of phenols is 1. The van der Waals surface area contributed by atoms with E-state index < -0.39 is 0 Å². The van der Waals surface area contributed by atoms with Crippen LogP contribution in [-0.2, 0) is 13.1 Å². The lowest BCUT2D eigenvalue weighted by molar-refractivity contribution is 0.198. The van der Waals surface area contributed by atoms with Crippen molar-refractivity contribution in [3.05, 3.63) is 64.5 Å². The van der Waals surface area contributed by atoms with Crippen molar-refractivity contribution in [2.24, 2.45) is 4.99 Å². The summed E-state index contributed by atoms with van der Waals surface area (Å²) in [5.74, 6) is 1.01. The molecule has 5 nitrogen and oxygen atoms in total. The van der Waals surface area contributed by atoms with E-state index in [1.807, 2.05) is 38.1 Å². The zero-order valence-electron chi connectivity index (χ0n) is 18.2. The Morgan fingerprint density at radius 2 is 1.73 bits per heavy atom. The number of aryl methyl sites for hydroxylation is 2. The Labute approximate surface area is 179 Å². The van der Waals surface area contributed by atoms with Crippen molar-refractivity contribution in [2.45, 2.75) is 52.7 Å². The van der Waals surface area contributed by atoms with Crippen LogP contribution >= 0.6 is 0 Å². The van der Waals surface area contributed by atoms with Gasteiger partial charge in [-0.05, 0) is 68.0 Å². The van der Waals surface area contributed by atoms with Gasteiger partial charge in [0.05, 0.1) is 6.54 Å². The van der Waals surface area contributed by atoms with E-state index in [-0.39, 0.29) is 5.82 Å². The smallest absolute Gasteiger partial charge is 0.191 e. The van der Waals surface area contributed by atoms with Crippen LogP contribution in [0.25, 0.3) is 0 Å². The van der Waals surface area contributed by atoms with Gasteiger partial charge in [-0.15, -0.1) is 0 Å². The molecular weight excluding hydrogens is 379 g/mol. The first-order chi connectivity index (χ1) is 14.4. The highest BCUT2D eigenvalue weighted by Gasteiger charge is 2.20. The van der Waals surface area contributed by atoms with Crippen molar-refractivity contribution in [1.82, 2.24) is 15.5 Å². The quantitative estimate of drug-likeness (QED) is 0.498. The molecule has 0 bridgehead atoms. The zero-order chi connectivity index (χ0) is 21.5. The number of guanidine groups is 1. The fourth-order valence-corrected chi connectivity index (χ4v) is 3.90. The van der Waals surface area contributed by atoms with Crippen LogP contribution in [0.5, 0.6) is 5.75 Å². The topological polar surface area (TPSA) is 59.9 Å². The second kappa shape index (κ2) is 10.4. The standard InChI is InChI=1S/C24H33FN4O/c1-4-26-24(27-15-20-13-17(2)23(30)18(3)14-20)28-22-9-11-29(12-10-22)16-19-5-7-21(25)8-6-19/h5-8,13-14,22,30H,4,9-12,15-16H2,1-3H3,(H2,26,27,28). The first-order valence-electron chi connectivity index (χ1n) is 10.8. The summed E-state index contributed by atoms with van der Waals surface area (Å²) >= 11 is 0. The molecule has 0 spiro atoms. The number of hydrogen-bond acceptors (Lipinski definition) is 3. The van der Waals surface area contributed by atoms with Gasteiger partial charge >= 0.3 is 0 Å². The summed E-state index contributed by atoms with van der Waals surface area (Å²) in [6.45, 7) is 10.1. The number of halogens is 1. The minimum Gasteiger partial charge on any atom is -0.507 e. The molecule has 2 aromatic carbocycles. The number of nitrogens with zero attached hydrogens (tertiary/aromatic N) is 2. The maximum Gasteiger partial charge on any atom is 0.191 e. The molecule has 0 radical (unpaired) electrons. The summed E-state index contributed by atoms with van der Waals surface area (Å²) < 4.78 is 13.1. The van der Waals surface area contributed by atoms with Crippen LogP contribution in [0.3, 0.4) is 0 Å². The molecule has 0 aliphatic carbocycles. The summed E-state index contributed by atoms with van der Waals surface area (Å²) in [6, 6.07) is 11.1. The van der Waals surface area contributed by atoms with Gasteiger partial charge in [0.1, 0.15) is 11.6 Å². The van der Waals surface area contributed by atoms with E-state index in [1.54, 1.807) is 0 Å². The first kappa shape index (κ1) is 22.1. The van der Waals surface area contributed by atoms with Gasteiger partial charge in [0.15, 0.2) is 5.96 Å². The molecule has 1 saturated heterocycles. The van der Waals surface area contributed by atoms with Crippen molar-refractivity contribution >= 4 is 5.96 Å². The molecule has 0 aromatic heterocycles. The number of nitrogens with one attached hydrogen (secondary N) is 2. The van der Waals surface area contributed by atoms with Gasteiger partial charge in [-0.25, -0.2) is 9.38 Å². The van der Waals surface area contributed by atoms with Gasteiger partial charge in [-0.2, -0.15) is 0 Å². The van der Waals surface area contributed by atoms with Crippen LogP contribution < -0.4 is 10.6 Å². The highest BCUT2D eigenvalue weighted by molar-refractivity contribution is 5.80. The van der Waals surface area contributed by atoms with Gasteiger partial charge in [0.25, 0.3) is 0 Å². The van der Waals surface area contributed by atoms with Gasteiger partial charge in [-0.3, -0.25) is 4.90 Å². The summed E-state index contributed by atoms with van der Waals surface area (Å²) in [5.41, 5.74) is 4.00. The molecule has 162 valence electrons. The molecule has 1 aliphatic rings. The van der Waals surface area contributed by atoms with Crippen molar-refractivity contribution in [3.8, 4) is 5.75 Å². The largest absolute Gasteiger partial charge is 0.507 e. The molecule has 3 rings (SSSR count). The third kappa shape index (κ3) is 6.20. The lowest BCUT2D eigenvalue weighted by atomic mass is 10.0. The van der Waals surface area contributed by atoms with Crippen molar-refractivity contribution in [3.63, 3.8) is 0 Å². The summed E-state index contributed by atoms with van der Waals surface area (Å²) in [4.78, 5) is 7.16. The van der Waals surface area contributed by atoms with Crippen molar-refractivity contribution in [2.75, 3.05) is 19.6 Å². The van der Waals surface area contributed by atoms with Gasteiger partial charge in [0.2, 0.25) is 0 Å². The Balaban J connectivity index is 1.53. The second-order valence-corrected chi connectivity index (χ2v) is 8.09. The average molecular weight is 413 g/mol. The van der Waals surface area contributed by atoms with Gasteiger partial charge < -0.3 is 15.7 Å². The van der Waals surface area contributed by atoms with Crippen LogP contribution in [-0.4, -0.2) is 41.6 Å². The Hall–Kier alpha value is -2.60. The molecule has 0 atom stereocenters. The van der Waals surface area contributed by atoms with E-state index in [0.29, 0.717) is 18.3 Å². The van der Waals surface area contributed by atoms with Crippen LogP contribution in [0.2, 0.25) is 0 Å². The van der Waals surface area contributed by atoms with E-state index in [0.717, 1.165) is 67.2 Å². The summed E-state index contributed by atoms with van der Waals surface area (Å²) in [5, 5.41) is 16.9. The number of aliphatic imine (C=N–C) groups is 1. The van der Waals surface area contributed by atoms with Gasteiger partial charge in [-0.1, -0.05) is 24.3 Å². The highest BCUT2D eigenvalue weighted by Crippen LogP contribution is 2.23. The Bertz CT molecular complexity index is 835. The van der Waals surface area contributed by atoms with Crippen LogP contribution in [0.4, 0.5) is 4.39 Å². The Kier molecular flexibility index (Phi) is 7.69. The lowest BCUT2D eigenvalue weighted by Gasteiger charge is -2.33. The van der Waals surface area contributed by atoms with E-state index in [4.69, 9.17) is 4.99 Å². The Morgan fingerprint density at radius 3 is 2.33 bits per heavy atom. The Morgan fingerprint density at radius 1 is 1.10 bits per heavy atom. The predicted octanol–water partition coefficient (Wildman–Crippen LogP) is 3.87. The number of phenolic OH excluding ortho intramolecular Hbond substituents is 1. The number of rotatable bonds is 6. The van der Waals surface area contributed by atoms with Gasteiger partial charge in [0, 0.05) is 32.2 Å². The third-order valence-electron chi connectivity index (χ3n) is 5.56. The maximum atomic E-state index is 13.1. The number of hydrogen-bond donors (Lipinski definition) is 3. The van der Waals surface area contributed by atoms with E-state index in [9.17, 15) is 9.50 Å². The molecule has 6 heteroatoms. The fraction of sp³-hybridized carbons (Fsp3) is 0.458. The van der Waals surface area contributed by atoms with Crippen LogP contribution in [0.15, 0.2) is 41.4 Å². The number of benzene rings is 2. The zero-order valence-corrected chi connectivity index (χ0v) is 18.2. The van der Waals surface area contributed by atoms with Crippen LogP contribution in [0, 0.1) is 19.7 Å². The van der Waals surface area contributed by atoms with E-state index in [1.165, 1.54) is 12.1 Å². The molecule has 1 aliphatic heterocycles. The molecule has 30 heavy (non-hydrogen) atoms. The molecule has 2 aromatic rings. The predicted molar refractivity (Wildman–Crippen MR) is 120 cm³/mol. The third-order valence-corrected chi connectivity index (χ3v) is 5.56. The molecule has 1 fully saturated rings. The van der Waals surface area contributed by atoms with E-state index >= 15 is 0 Å². The molecule has 0 saturated carbocycles. The van der Waals surface area contributed by atoms with Crippen LogP contribution in [0.1, 0.15) is 42.0 Å². The molecule has 0 unspecified atom stereocenters. The number of piperidine rings is 1. The lowest BCUT2D eigenvalue weighted by Crippen LogP contribution is -2.48. The minimum atomic E-state index is -0.186.